The molecule has 7 nitrogen and oxygen atoms in total. The smallest absolute Gasteiger partial charge is 0.267 e. The first-order valence-corrected chi connectivity index (χ1v) is 9.45. The van der Waals surface area contributed by atoms with Gasteiger partial charge in [-0.15, -0.1) is 0 Å². The van der Waals surface area contributed by atoms with Crippen molar-refractivity contribution in [1.82, 2.24) is 9.88 Å². The molecule has 0 radical (unpaired) electrons. The molecule has 0 spiro atoms. The van der Waals surface area contributed by atoms with Gasteiger partial charge in [0.1, 0.15) is 10.7 Å². The molecule has 1 aromatic heterocycles. The molecule has 1 fully saturated rings. The molecule has 2 N–H and O–H groups in total. The Kier molecular flexibility index (Phi) is 4.72. The average molecular weight is 332 g/mol. The molecule has 9 heteroatoms. The van der Waals surface area contributed by atoms with Crippen LogP contribution in [0, 0.1) is 0 Å². The van der Waals surface area contributed by atoms with Crippen LogP contribution < -0.4 is 10.6 Å². The third-order valence-corrected chi connectivity index (χ3v) is 6.37. The number of rotatable bonds is 3. The average Bonchev–Trinajstić information content (AvgIpc) is 2.72. The van der Waals surface area contributed by atoms with Crippen LogP contribution in [0.25, 0.3) is 0 Å². The van der Waals surface area contributed by atoms with Crippen molar-refractivity contribution < 1.29 is 13.2 Å². The van der Waals surface area contributed by atoms with Crippen LogP contribution in [-0.2, 0) is 9.84 Å². The SMILES string of the molecule is CCN(C)c1nc(N)c(C(=O)N2CCCS(=O)(=O)CC2)s1. The number of hydrogen-bond donors (Lipinski definition) is 1. The van der Waals surface area contributed by atoms with Crippen LogP contribution in [0.4, 0.5) is 10.9 Å². The summed E-state index contributed by atoms with van der Waals surface area (Å²) in [4.78, 5) is 20.6. The molecule has 1 aliphatic heterocycles. The fourth-order valence-corrected chi connectivity index (χ4v) is 4.31. The van der Waals surface area contributed by atoms with Gasteiger partial charge in [0.2, 0.25) is 0 Å². The first-order chi connectivity index (χ1) is 9.84. The van der Waals surface area contributed by atoms with Gasteiger partial charge in [0.05, 0.1) is 11.5 Å². The Morgan fingerprint density at radius 3 is 2.81 bits per heavy atom. The van der Waals surface area contributed by atoms with Gasteiger partial charge in [-0.05, 0) is 13.3 Å². The molecule has 0 atom stereocenters. The molecule has 2 rings (SSSR count). The Labute approximate surface area is 128 Å². The minimum Gasteiger partial charge on any atom is -0.382 e. The topological polar surface area (TPSA) is 96.6 Å². The summed E-state index contributed by atoms with van der Waals surface area (Å²) in [5.74, 6) is 0.142. The molecule has 1 aromatic rings. The summed E-state index contributed by atoms with van der Waals surface area (Å²) in [5, 5.41) is 0.695. The minimum atomic E-state index is -3.04. The normalized spacial score (nSPS) is 18.3. The first kappa shape index (κ1) is 16.0. The van der Waals surface area contributed by atoms with Crippen LogP contribution in [0.1, 0.15) is 23.0 Å². The van der Waals surface area contributed by atoms with Crippen LogP contribution in [0.5, 0.6) is 0 Å². The highest BCUT2D eigenvalue weighted by atomic mass is 32.2. The van der Waals surface area contributed by atoms with Crippen molar-refractivity contribution in [3.8, 4) is 0 Å². The van der Waals surface area contributed by atoms with E-state index >= 15 is 0 Å². The van der Waals surface area contributed by atoms with Crippen LogP contribution >= 0.6 is 11.3 Å². The number of nitrogens with two attached hydrogens (primary N) is 1. The molecule has 0 aliphatic carbocycles. The lowest BCUT2D eigenvalue weighted by molar-refractivity contribution is 0.0774. The summed E-state index contributed by atoms with van der Waals surface area (Å²) < 4.78 is 23.2. The third-order valence-electron chi connectivity index (χ3n) is 3.48. The van der Waals surface area contributed by atoms with Gasteiger partial charge in [-0.25, -0.2) is 13.4 Å². The maximum Gasteiger partial charge on any atom is 0.267 e. The second-order valence-corrected chi connectivity index (χ2v) is 8.30. The zero-order valence-corrected chi connectivity index (χ0v) is 13.8. The maximum absolute atomic E-state index is 12.5. The molecule has 0 unspecified atom stereocenters. The van der Waals surface area contributed by atoms with Gasteiger partial charge < -0.3 is 15.5 Å². The fraction of sp³-hybridized carbons (Fsp3) is 0.667. The number of carbonyl (C=O) groups is 1. The fourth-order valence-electron chi connectivity index (χ4n) is 2.06. The van der Waals surface area contributed by atoms with E-state index in [1.165, 1.54) is 11.3 Å². The van der Waals surface area contributed by atoms with Gasteiger partial charge in [-0.3, -0.25) is 4.79 Å². The first-order valence-electron chi connectivity index (χ1n) is 6.81. The van der Waals surface area contributed by atoms with Gasteiger partial charge in [0.25, 0.3) is 5.91 Å². The highest BCUT2D eigenvalue weighted by Crippen LogP contribution is 2.28. The summed E-state index contributed by atoms with van der Waals surface area (Å²) in [6.45, 7) is 3.41. The standard InChI is InChI=1S/C12H20N4O3S2/c1-3-15(2)12-14-10(13)9(20-12)11(17)16-5-4-7-21(18,19)8-6-16/h3-8,13H2,1-2H3. The molecule has 0 aromatic carbocycles. The Hall–Kier alpha value is -1.35. The molecule has 0 bridgehead atoms. The van der Waals surface area contributed by atoms with Gasteiger partial charge >= 0.3 is 0 Å². The number of nitrogen functional groups attached to an aromatic ring is 1. The van der Waals surface area contributed by atoms with E-state index in [9.17, 15) is 13.2 Å². The van der Waals surface area contributed by atoms with Gasteiger partial charge in [0, 0.05) is 26.7 Å². The second kappa shape index (κ2) is 6.18. The molecule has 1 aliphatic rings. The lowest BCUT2D eigenvalue weighted by Crippen LogP contribution is -2.33. The number of thiazole rings is 1. The van der Waals surface area contributed by atoms with Gasteiger partial charge in [-0.2, -0.15) is 0 Å². The summed E-state index contributed by atoms with van der Waals surface area (Å²) in [6, 6.07) is 0. The second-order valence-electron chi connectivity index (χ2n) is 5.02. The monoisotopic (exact) mass is 332 g/mol. The van der Waals surface area contributed by atoms with Crippen molar-refractivity contribution in [2.75, 3.05) is 48.8 Å². The summed E-state index contributed by atoms with van der Waals surface area (Å²) >= 11 is 1.25. The van der Waals surface area contributed by atoms with Gasteiger partial charge in [0.15, 0.2) is 15.0 Å². The molecule has 1 saturated heterocycles. The van der Waals surface area contributed by atoms with Gasteiger partial charge in [-0.1, -0.05) is 11.3 Å². The van der Waals surface area contributed by atoms with E-state index in [0.717, 1.165) is 6.54 Å². The molecule has 21 heavy (non-hydrogen) atoms. The van der Waals surface area contributed by atoms with Crippen molar-refractivity contribution in [3.63, 3.8) is 0 Å². The van der Waals surface area contributed by atoms with Crippen molar-refractivity contribution in [3.05, 3.63) is 4.88 Å². The maximum atomic E-state index is 12.5. The van der Waals surface area contributed by atoms with Crippen LogP contribution in [0.2, 0.25) is 0 Å². The molecule has 2 heterocycles. The van der Waals surface area contributed by atoms with E-state index < -0.39 is 9.84 Å². The number of sulfone groups is 1. The highest BCUT2D eigenvalue weighted by Gasteiger charge is 2.26. The van der Waals surface area contributed by atoms with Crippen LogP contribution in [-0.4, -0.2) is 62.4 Å². The van der Waals surface area contributed by atoms with Crippen LogP contribution in [0.15, 0.2) is 0 Å². The van der Waals surface area contributed by atoms with E-state index in [2.05, 4.69) is 4.98 Å². The molecule has 0 saturated carbocycles. The van der Waals surface area contributed by atoms with Crippen molar-refractivity contribution >= 4 is 38.0 Å². The lowest BCUT2D eigenvalue weighted by Gasteiger charge is -2.18. The molecular formula is C12H20N4O3S2. The minimum absolute atomic E-state index is 0.0131. The summed E-state index contributed by atoms with van der Waals surface area (Å²) in [5.41, 5.74) is 5.84. The molecule has 1 amide bonds. The Morgan fingerprint density at radius 1 is 1.43 bits per heavy atom. The third kappa shape index (κ3) is 3.65. The van der Waals surface area contributed by atoms with E-state index in [-0.39, 0.29) is 29.8 Å². The van der Waals surface area contributed by atoms with Crippen molar-refractivity contribution in [2.45, 2.75) is 13.3 Å². The predicted octanol–water partition coefficient (Wildman–Crippen LogP) is 0.442. The molecular weight excluding hydrogens is 312 g/mol. The Bertz CT molecular complexity index is 626. The largest absolute Gasteiger partial charge is 0.382 e. The van der Waals surface area contributed by atoms with E-state index in [0.29, 0.717) is 23.0 Å². The number of aromatic nitrogens is 1. The van der Waals surface area contributed by atoms with Crippen molar-refractivity contribution in [2.24, 2.45) is 0 Å². The highest BCUT2D eigenvalue weighted by molar-refractivity contribution is 7.91. The molecule has 118 valence electrons. The zero-order valence-electron chi connectivity index (χ0n) is 12.2. The number of carbonyl (C=O) groups excluding carboxylic acids is 1. The lowest BCUT2D eigenvalue weighted by atomic mass is 10.3. The Balaban J connectivity index is 2.18. The van der Waals surface area contributed by atoms with E-state index in [1.54, 1.807) is 4.90 Å². The van der Waals surface area contributed by atoms with E-state index in [4.69, 9.17) is 5.73 Å². The van der Waals surface area contributed by atoms with E-state index in [1.807, 2.05) is 18.9 Å². The van der Waals surface area contributed by atoms with Crippen molar-refractivity contribution in [1.29, 1.82) is 0 Å². The Morgan fingerprint density at radius 2 is 2.14 bits per heavy atom. The summed E-state index contributed by atoms with van der Waals surface area (Å²) in [6.07, 6.45) is 0.467. The number of hydrogen-bond acceptors (Lipinski definition) is 7. The number of anilines is 2. The zero-order chi connectivity index (χ0) is 15.6. The van der Waals surface area contributed by atoms with Crippen LogP contribution in [0.3, 0.4) is 0 Å². The number of nitrogens with zero attached hydrogens (tertiary/aromatic N) is 3. The predicted molar refractivity (Wildman–Crippen MR) is 84.6 cm³/mol. The number of amides is 1. The summed E-state index contributed by atoms with van der Waals surface area (Å²) in [7, 11) is -1.16. The quantitative estimate of drug-likeness (QED) is 0.863.